The smallest absolute Gasteiger partial charge is 0.303 e. The Morgan fingerprint density at radius 2 is 1.41 bits per heavy atom. The van der Waals surface area contributed by atoms with E-state index in [-0.39, 0.29) is 17.4 Å². The van der Waals surface area contributed by atoms with E-state index in [4.69, 9.17) is 51.6 Å². The fourth-order valence-corrected chi connectivity index (χ4v) is 3.43. The van der Waals surface area contributed by atoms with E-state index >= 15 is 0 Å². The molecule has 0 amide bonds. The van der Waals surface area contributed by atoms with Gasteiger partial charge in [0.15, 0.2) is 12.2 Å². The van der Waals surface area contributed by atoms with Crippen molar-refractivity contribution in [2.45, 2.75) is 58.4 Å². The van der Waals surface area contributed by atoms with Gasteiger partial charge in [-0.25, -0.2) is 0 Å². The van der Waals surface area contributed by atoms with Crippen molar-refractivity contribution in [3.8, 4) is 5.75 Å². The molecule has 0 N–H and O–H groups in total. The number of halogens is 2. The van der Waals surface area contributed by atoms with Crippen LogP contribution in [0.3, 0.4) is 0 Å². The molecule has 176 valence electrons. The molecule has 0 spiro atoms. The zero-order chi connectivity index (χ0) is 24.0. The van der Waals surface area contributed by atoms with Crippen molar-refractivity contribution in [1.82, 2.24) is 0 Å². The second-order valence-corrected chi connectivity index (χ2v) is 7.60. The van der Waals surface area contributed by atoms with Crippen LogP contribution in [0.15, 0.2) is 18.2 Å². The van der Waals surface area contributed by atoms with Gasteiger partial charge in [0.1, 0.15) is 18.5 Å². The van der Waals surface area contributed by atoms with Gasteiger partial charge in [-0.1, -0.05) is 23.2 Å². The number of ether oxygens (including phenoxy) is 6. The molecular weight excluding hydrogens is 471 g/mol. The molecule has 0 saturated carbocycles. The van der Waals surface area contributed by atoms with Crippen LogP contribution in [0.4, 0.5) is 0 Å². The van der Waals surface area contributed by atoms with Crippen molar-refractivity contribution >= 4 is 47.1 Å². The molecule has 1 fully saturated rings. The van der Waals surface area contributed by atoms with Crippen LogP contribution in [0.2, 0.25) is 10.0 Å². The standard InChI is InChI=1S/C20H22Cl2O10/c1-9(23)27-8-16-17(28-10(2)24)18(29-11(3)25)19(30-12(4)26)20(32-16)31-15-6-5-13(21)7-14(15)22/h5-7,16-20H,8H2,1-4H3/t16-,17+,18+,19+,20-/m1/s1. The predicted molar refractivity (Wildman–Crippen MR) is 109 cm³/mol. The lowest BCUT2D eigenvalue weighted by Crippen LogP contribution is -2.63. The third-order valence-corrected chi connectivity index (χ3v) is 4.62. The van der Waals surface area contributed by atoms with Crippen molar-refractivity contribution < 1.29 is 47.6 Å². The molecule has 2 rings (SSSR count). The molecule has 10 nitrogen and oxygen atoms in total. The van der Waals surface area contributed by atoms with Crippen LogP contribution >= 0.6 is 23.2 Å². The normalized spacial score (nSPS) is 24.8. The monoisotopic (exact) mass is 492 g/mol. The Bertz CT molecular complexity index is 874. The summed E-state index contributed by atoms with van der Waals surface area (Å²) in [5.74, 6) is -2.73. The fraction of sp³-hybridized carbons (Fsp3) is 0.500. The Balaban J connectivity index is 2.47. The largest absolute Gasteiger partial charge is 0.463 e. The summed E-state index contributed by atoms with van der Waals surface area (Å²) in [5, 5.41) is 0.481. The highest BCUT2D eigenvalue weighted by molar-refractivity contribution is 6.35. The van der Waals surface area contributed by atoms with Crippen LogP contribution in [0.5, 0.6) is 5.75 Å². The van der Waals surface area contributed by atoms with Gasteiger partial charge in [-0.3, -0.25) is 19.2 Å². The summed E-state index contributed by atoms with van der Waals surface area (Å²) in [4.78, 5) is 46.6. The van der Waals surface area contributed by atoms with Crippen LogP contribution in [-0.2, 0) is 42.9 Å². The summed E-state index contributed by atoms with van der Waals surface area (Å²) >= 11 is 12.1. The van der Waals surface area contributed by atoms with Crippen LogP contribution < -0.4 is 4.74 Å². The van der Waals surface area contributed by atoms with E-state index < -0.39 is 54.6 Å². The molecule has 12 heteroatoms. The first-order chi connectivity index (χ1) is 15.0. The molecule has 0 aliphatic carbocycles. The summed E-state index contributed by atoms with van der Waals surface area (Å²) < 4.78 is 32.5. The van der Waals surface area contributed by atoms with Crippen LogP contribution in [-0.4, -0.2) is 61.2 Å². The molecule has 1 heterocycles. The molecule has 0 radical (unpaired) electrons. The Morgan fingerprint density at radius 3 is 1.94 bits per heavy atom. The molecule has 1 aromatic rings. The maximum Gasteiger partial charge on any atom is 0.303 e. The number of carbonyl (C=O) groups excluding carboxylic acids is 4. The summed E-state index contributed by atoms with van der Waals surface area (Å²) in [6, 6.07) is 4.39. The fourth-order valence-electron chi connectivity index (χ4n) is 2.98. The first-order valence-electron chi connectivity index (χ1n) is 9.40. The van der Waals surface area contributed by atoms with Crippen molar-refractivity contribution in [3.63, 3.8) is 0 Å². The Morgan fingerprint density at radius 1 is 0.844 bits per heavy atom. The number of hydrogen-bond donors (Lipinski definition) is 0. The van der Waals surface area contributed by atoms with Gasteiger partial charge in [-0.05, 0) is 18.2 Å². The SMILES string of the molecule is CC(=O)OC[C@H]1O[C@@H](Oc2ccc(Cl)cc2Cl)[C@@H](OC(C)=O)[C@@H](OC(C)=O)[C@H]1OC(C)=O. The molecule has 5 atom stereocenters. The van der Waals surface area contributed by atoms with Gasteiger partial charge >= 0.3 is 23.9 Å². The molecule has 1 aliphatic rings. The Labute approximate surface area is 193 Å². The van der Waals surface area contributed by atoms with E-state index in [1.165, 1.54) is 25.1 Å². The maximum absolute atomic E-state index is 11.8. The van der Waals surface area contributed by atoms with Gasteiger partial charge in [-0.2, -0.15) is 0 Å². The number of benzene rings is 1. The average molecular weight is 493 g/mol. The van der Waals surface area contributed by atoms with Crippen molar-refractivity contribution in [3.05, 3.63) is 28.2 Å². The van der Waals surface area contributed by atoms with E-state index in [1.54, 1.807) is 0 Å². The van der Waals surface area contributed by atoms with Gasteiger partial charge in [-0.15, -0.1) is 0 Å². The topological polar surface area (TPSA) is 124 Å². The van der Waals surface area contributed by atoms with Crippen molar-refractivity contribution in [2.24, 2.45) is 0 Å². The second-order valence-electron chi connectivity index (χ2n) is 6.76. The lowest BCUT2D eigenvalue weighted by atomic mass is 9.98. The highest BCUT2D eigenvalue weighted by Gasteiger charge is 2.53. The lowest BCUT2D eigenvalue weighted by molar-refractivity contribution is -0.288. The van der Waals surface area contributed by atoms with Gasteiger partial charge in [0.05, 0.1) is 5.02 Å². The number of hydrogen-bond acceptors (Lipinski definition) is 10. The summed E-state index contributed by atoms with van der Waals surface area (Å²) in [6.45, 7) is 4.19. The first-order valence-corrected chi connectivity index (χ1v) is 10.2. The third-order valence-electron chi connectivity index (χ3n) is 4.09. The minimum absolute atomic E-state index is 0.122. The predicted octanol–water partition coefficient (Wildman–Crippen LogP) is 2.46. The van der Waals surface area contributed by atoms with Gasteiger partial charge in [0.25, 0.3) is 0 Å². The van der Waals surface area contributed by atoms with Crippen molar-refractivity contribution in [2.75, 3.05) is 6.61 Å². The minimum Gasteiger partial charge on any atom is -0.463 e. The molecule has 0 unspecified atom stereocenters. The molecule has 32 heavy (non-hydrogen) atoms. The highest BCUT2D eigenvalue weighted by atomic mass is 35.5. The third kappa shape index (κ3) is 7.25. The first kappa shape index (κ1) is 25.7. The summed E-state index contributed by atoms with van der Waals surface area (Å²) in [5.41, 5.74) is 0. The van der Waals surface area contributed by atoms with Gasteiger partial charge < -0.3 is 28.4 Å². The van der Waals surface area contributed by atoms with E-state index in [9.17, 15) is 19.2 Å². The zero-order valence-electron chi connectivity index (χ0n) is 17.7. The Hall–Kier alpha value is -2.56. The molecular formula is C20H22Cl2O10. The molecule has 1 saturated heterocycles. The second kappa shape index (κ2) is 11.3. The van der Waals surface area contributed by atoms with Gasteiger partial charge in [0, 0.05) is 32.7 Å². The average Bonchev–Trinajstić information content (AvgIpc) is 2.65. The molecule has 0 aromatic heterocycles. The highest BCUT2D eigenvalue weighted by Crippen LogP contribution is 2.34. The van der Waals surface area contributed by atoms with E-state index in [2.05, 4.69) is 0 Å². The summed E-state index contributed by atoms with van der Waals surface area (Å²) in [7, 11) is 0. The van der Waals surface area contributed by atoms with E-state index in [0.717, 1.165) is 20.8 Å². The Kier molecular flexibility index (Phi) is 9.11. The van der Waals surface area contributed by atoms with E-state index in [0.29, 0.717) is 5.02 Å². The zero-order valence-corrected chi connectivity index (χ0v) is 19.2. The molecule has 1 aliphatic heterocycles. The number of esters is 4. The quantitative estimate of drug-likeness (QED) is 0.413. The van der Waals surface area contributed by atoms with Crippen LogP contribution in [0.1, 0.15) is 27.7 Å². The van der Waals surface area contributed by atoms with E-state index in [1.807, 2.05) is 0 Å². The minimum atomic E-state index is -1.38. The van der Waals surface area contributed by atoms with Crippen molar-refractivity contribution in [1.29, 1.82) is 0 Å². The molecule has 0 bridgehead atoms. The maximum atomic E-state index is 11.8. The van der Waals surface area contributed by atoms with Crippen LogP contribution in [0, 0.1) is 0 Å². The van der Waals surface area contributed by atoms with Crippen LogP contribution in [0.25, 0.3) is 0 Å². The molecule has 1 aromatic carbocycles. The summed E-state index contributed by atoms with van der Waals surface area (Å²) in [6.07, 6.45) is -6.49. The van der Waals surface area contributed by atoms with Gasteiger partial charge in [0.2, 0.25) is 12.4 Å². The number of carbonyl (C=O) groups is 4. The number of rotatable bonds is 7. The lowest BCUT2D eigenvalue weighted by Gasteiger charge is -2.43.